The number of anilines is 1. The first-order chi connectivity index (χ1) is 9.54. The molecule has 20 heavy (non-hydrogen) atoms. The molecule has 5 nitrogen and oxygen atoms in total. The average molecular weight is 280 g/mol. The molecule has 0 radical (unpaired) electrons. The Morgan fingerprint density at radius 2 is 1.90 bits per heavy atom. The lowest BCUT2D eigenvalue weighted by Gasteiger charge is -2.27. The summed E-state index contributed by atoms with van der Waals surface area (Å²) in [5.41, 5.74) is 0.956. The summed E-state index contributed by atoms with van der Waals surface area (Å²) >= 11 is 0. The monoisotopic (exact) mass is 280 g/mol. The van der Waals surface area contributed by atoms with Gasteiger partial charge in [-0.25, -0.2) is 0 Å². The zero-order valence-electron chi connectivity index (χ0n) is 12.5. The van der Waals surface area contributed by atoms with E-state index < -0.39 is 5.97 Å². The highest BCUT2D eigenvalue weighted by Gasteiger charge is 2.13. The van der Waals surface area contributed by atoms with E-state index in [0.29, 0.717) is 13.2 Å². The van der Waals surface area contributed by atoms with Gasteiger partial charge in [0.15, 0.2) is 0 Å². The summed E-state index contributed by atoms with van der Waals surface area (Å²) in [7, 11) is 4.01. The topological polar surface area (TPSA) is 53.0 Å². The zero-order valence-corrected chi connectivity index (χ0v) is 12.5. The number of hydrogen-bond acceptors (Lipinski definition) is 4. The maximum atomic E-state index is 10.8. The number of ether oxygens (including phenoxy) is 1. The Balaban J connectivity index is 2.86. The van der Waals surface area contributed by atoms with Crippen LogP contribution in [0.15, 0.2) is 24.3 Å². The first-order valence-corrected chi connectivity index (χ1v) is 6.88. The van der Waals surface area contributed by atoms with Crippen LogP contribution in [0.3, 0.4) is 0 Å². The van der Waals surface area contributed by atoms with Crippen LogP contribution >= 0.6 is 0 Å². The molecule has 1 aromatic carbocycles. The fourth-order valence-corrected chi connectivity index (χ4v) is 1.90. The van der Waals surface area contributed by atoms with Gasteiger partial charge in [-0.15, -0.1) is 0 Å². The van der Waals surface area contributed by atoms with Crippen molar-refractivity contribution in [2.45, 2.75) is 13.3 Å². The highest BCUT2D eigenvalue weighted by Crippen LogP contribution is 2.28. The third-order valence-corrected chi connectivity index (χ3v) is 2.92. The Labute approximate surface area is 120 Å². The number of carbonyl (C=O) groups is 1. The van der Waals surface area contributed by atoms with Gasteiger partial charge in [0.2, 0.25) is 0 Å². The number of carboxylic acid groups (broad SMARTS) is 1. The van der Waals surface area contributed by atoms with Crippen molar-refractivity contribution in [2.75, 3.05) is 45.2 Å². The van der Waals surface area contributed by atoms with E-state index in [-0.39, 0.29) is 6.42 Å². The quantitative estimate of drug-likeness (QED) is 0.749. The molecule has 0 amide bonds. The maximum absolute atomic E-state index is 10.8. The van der Waals surface area contributed by atoms with Crippen LogP contribution in [-0.4, -0.2) is 56.3 Å². The fourth-order valence-electron chi connectivity index (χ4n) is 1.90. The van der Waals surface area contributed by atoms with Gasteiger partial charge in [-0.05, 0) is 33.2 Å². The van der Waals surface area contributed by atoms with Crippen molar-refractivity contribution in [3.63, 3.8) is 0 Å². The van der Waals surface area contributed by atoms with Gasteiger partial charge in [0, 0.05) is 19.6 Å². The van der Waals surface area contributed by atoms with Crippen molar-refractivity contribution in [1.29, 1.82) is 0 Å². The van der Waals surface area contributed by atoms with E-state index in [1.807, 2.05) is 45.3 Å². The summed E-state index contributed by atoms with van der Waals surface area (Å²) < 4.78 is 5.63. The van der Waals surface area contributed by atoms with Crippen molar-refractivity contribution >= 4 is 11.7 Å². The Bertz CT molecular complexity index is 421. The molecular weight excluding hydrogens is 256 g/mol. The van der Waals surface area contributed by atoms with Gasteiger partial charge in [0.1, 0.15) is 5.75 Å². The number of hydrogen-bond donors (Lipinski definition) is 1. The van der Waals surface area contributed by atoms with Crippen LogP contribution in [0.25, 0.3) is 0 Å². The molecule has 0 aromatic heterocycles. The summed E-state index contributed by atoms with van der Waals surface area (Å²) in [4.78, 5) is 15.0. The van der Waals surface area contributed by atoms with E-state index in [1.165, 1.54) is 0 Å². The fraction of sp³-hybridized carbons (Fsp3) is 0.533. The van der Waals surface area contributed by atoms with Crippen molar-refractivity contribution in [1.82, 2.24) is 4.90 Å². The van der Waals surface area contributed by atoms with E-state index in [9.17, 15) is 4.79 Å². The van der Waals surface area contributed by atoms with Crippen molar-refractivity contribution < 1.29 is 14.6 Å². The van der Waals surface area contributed by atoms with Crippen molar-refractivity contribution in [3.05, 3.63) is 24.3 Å². The second-order valence-electron chi connectivity index (χ2n) is 4.83. The van der Waals surface area contributed by atoms with Crippen molar-refractivity contribution in [2.24, 2.45) is 0 Å². The maximum Gasteiger partial charge on any atom is 0.305 e. The molecule has 0 atom stereocenters. The molecule has 1 N–H and O–H groups in total. The van der Waals surface area contributed by atoms with Crippen molar-refractivity contribution in [3.8, 4) is 5.75 Å². The SMILES string of the molecule is CCOc1ccccc1N(CCC(=O)O)CCN(C)C. The predicted octanol–water partition coefficient (Wildman–Crippen LogP) is 1.93. The Kier molecular flexibility index (Phi) is 6.87. The molecule has 112 valence electrons. The lowest BCUT2D eigenvalue weighted by atomic mass is 10.2. The van der Waals surface area contributed by atoms with Gasteiger partial charge in [-0.1, -0.05) is 12.1 Å². The van der Waals surface area contributed by atoms with Crippen LogP contribution in [-0.2, 0) is 4.79 Å². The first kappa shape index (κ1) is 16.3. The predicted molar refractivity (Wildman–Crippen MR) is 80.6 cm³/mol. The molecule has 0 saturated carbocycles. The van der Waals surface area contributed by atoms with Gasteiger partial charge >= 0.3 is 5.97 Å². The largest absolute Gasteiger partial charge is 0.492 e. The minimum atomic E-state index is -0.784. The summed E-state index contributed by atoms with van der Waals surface area (Å²) in [5, 5.41) is 8.89. The minimum absolute atomic E-state index is 0.119. The van der Waals surface area contributed by atoms with Gasteiger partial charge in [-0.2, -0.15) is 0 Å². The molecule has 0 aliphatic rings. The number of para-hydroxylation sites is 2. The summed E-state index contributed by atoms with van der Waals surface area (Å²) in [6, 6.07) is 7.77. The number of aliphatic carboxylic acids is 1. The molecule has 0 aliphatic carbocycles. The van der Waals surface area contributed by atoms with Crippen LogP contribution in [0.4, 0.5) is 5.69 Å². The molecule has 0 bridgehead atoms. The molecule has 0 unspecified atom stereocenters. The second kappa shape index (κ2) is 8.43. The van der Waals surface area contributed by atoms with Gasteiger partial charge in [-0.3, -0.25) is 4.79 Å². The van der Waals surface area contributed by atoms with Gasteiger partial charge in [0.25, 0.3) is 0 Å². The van der Waals surface area contributed by atoms with Crippen LogP contribution in [0, 0.1) is 0 Å². The molecule has 0 saturated heterocycles. The molecule has 1 rings (SSSR count). The standard InChI is InChI=1S/C15H24N2O3/c1-4-20-14-8-6-5-7-13(14)17(10-9-15(18)19)12-11-16(2)3/h5-8H,4,9-12H2,1-3H3,(H,18,19). The smallest absolute Gasteiger partial charge is 0.305 e. The minimum Gasteiger partial charge on any atom is -0.492 e. The molecular formula is C15H24N2O3. The highest BCUT2D eigenvalue weighted by atomic mass is 16.5. The molecule has 0 fully saturated rings. The molecule has 1 aromatic rings. The van der Waals surface area contributed by atoms with Crippen LogP contribution < -0.4 is 9.64 Å². The summed E-state index contributed by atoms with van der Waals surface area (Å²) in [6.45, 7) is 4.65. The number of likely N-dealkylation sites (N-methyl/N-ethyl adjacent to an activating group) is 1. The molecule has 0 heterocycles. The zero-order chi connectivity index (χ0) is 15.0. The summed E-state index contributed by atoms with van der Waals surface area (Å²) in [5.74, 6) is 0.0212. The second-order valence-corrected chi connectivity index (χ2v) is 4.83. The van der Waals surface area contributed by atoms with Crippen LogP contribution in [0.2, 0.25) is 0 Å². The van der Waals surface area contributed by atoms with Gasteiger partial charge < -0.3 is 19.6 Å². The van der Waals surface area contributed by atoms with Gasteiger partial charge in [0.05, 0.1) is 18.7 Å². The Hall–Kier alpha value is -1.75. The Morgan fingerprint density at radius 1 is 1.20 bits per heavy atom. The third kappa shape index (κ3) is 5.48. The lowest BCUT2D eigenvalue weighted by Crippen LogP contribution is -2.33. The van der Waals surface area contributed by atoms with E-state index >= 15 is 0 Å². The molecule has 0 spiro atoms. The molecule has 5 heteroatoms. The number of benzene rings is 1. The Morgan fingerprint density at radius 3 is 2.50 bits per heavy atom. The number of rotatable bonds is 9. The van der Waals surface area contributed by atoms with Crippen LogP contribution in [0.1, 0.15) is 13.3 Å². The van der Waals surface area contributed by atoms with E-state index in [2.05, 4.69) is 9.80 Å². The normalized spacial score (nSPS) is 10.6. The summed E-state index contributed by atoms with van der Waals surface area (Å²) in [6.07, 6.45) is 0.119. The third-order valence-electron chi connectivity index (χ3n) is 2.92. The van der Waals surface area contributed by atoms with Crippen LogP contribution in [0.5, 0.6) is 5.75 Å². The average Bonchev–Trinajstić information content (AvgIpc) is 2.40. The molecule has 0 aliphatic heterocycles. The van der Waals surface area contributed by atoms with E-state index in [0.717, 1.165) is 24.5 Å². The van der Waals surface area contributed by atoms with E-state index in [1.54, 1.807) is 0 Å². The first-order valence-electron chi connectivity index (χ1n) is 6.88. The lowest BCUT2D eigenvalue weighted by molar-refractivity contribution is -0.136. The number of nitrogens with zero attached hydrogens (tertiary/aromatic N) is 2. The number of carboxylic acids is 1. The highest BCUT2D eigenvalue weighted by molar-refractivity contribution is 5.68. The van der Waals surface area contributed by atoms with E-state index in [4.69, 9.17) is 9.84 Å².